The Morgan fingerprint density at radius 1 is 1.36 bits per heavy atom. The molecule has 0 saturated carbocycles. The van der Waals surface area contributed by atoms with Crippen LogP contribution in [0.1, 0.15) is 38.5 Å². The molecule has 0 spiro atoms. The predicted molar refractivity (Wildman–Crippen MR) is 82.5 cm³/mol. The molecule has 2 aliphatic rings. The number of carbonyl (C=O) groups excluding carboxylic acids is 2. The van der Waals surface area contributed by atoms with Gasteiger partial charge in [0.2, 0.25) is 11.8 Å². The second-order valence-electron chi connectivity index (χ2n) is 6.06. The lowest BCUT2D eigenvalue weighted by Crippen LogP contribution is -2.46. The zero-order valence-electron chi connectivity index (χ0n) is 13.6. The number of rotatable bonds is 7. The molecule has 2 heterocycles. The molecule has 0 bridgehead atoms. The van der Waals surface area contributed by atoms with Gasteiger partial charge in [0.1, 0.15) is 0 Å². The SMILES string of the molecule is COCC[C@H]1CN(C(=O)CCCN2CCCCC2=O)CCO1. The number of ether oxygens (including phenoxy) is 2. The molecule has 0 aromatic rings. The minimum absolute atomic E-state index is 0.0846. The van der Waals surface area contributed by atoms with Crippen molar-refractivity contribution in [3.05, 3.63) is 0 Å². The Balaban J connectivity index is 1.66. The first-order valence-corrected chi connectivity index (χ1v) is 8.37. The topological polar surface area (TPSA) is 59.1 Å². The van der Waals surface area contributed by atoms with Crippen LogP contribution < -0.4 is 0 Å². The number of hydrogen-bond acceptors (Lipinski definition) is 4. The van der Waals surface area contributed by atoms with Crippen LogP contribution in [0.2, 0.25) is 0 Å². The van der Waals surface area contributed by atoms with E-state index in [2.05, 4.69) is 0 Å². The number of likely N-dealkylation sites (tertiary alicyclic amines) is 1. The molecule has 2 fully saturated rings. The number of amides is 2. The van der Waals surface area contributed by atoms with Crippen molar-refractivity contribution < 1.29 is 19.1 Å². The molecule has 0 aliphatic carbocycles. The molecule has 0 aromatic carbocycles. The van der Waals surface area contributed by atoms with E-state index in [4.69, 9.17) is 9.47 Å². The summed E-state index contributed by atoms with van der Waals surface area (Å²) in [5.74, 6) is 0.417. The quantitative estimate of drug-likeness (QED) is 0.705. The summed E-state index contributed by atoms with van der Waals surface area (Å²) in [6.45, 7) is 4.15. The van der Waals surface area contributed by atoms with Crippen molar-refractivity contribution in [2.75, 3.05) is 46.5 Å². The molecule has 126 valence electrons. The van der Waals surface area contributed by atoms with Crippen LogP contribution in [0.15, 0.2) is 0 Å². The third kappa shape index (κ3) is 5.25. The van der Waals surface area contributed by atoms with Crippen molar-refractivity contribution in [1.29, 1.82) is 0 Å². The standard InChI is InChI=1S/C16H28N2O4/c1-21-11-7-14-13-18(10-12-22-14)16(20)6-4-9-17-8-3-2-5-15(17)19/h14H,2-13H2,1H3/t14-/m0/s1. The van der Waals surface area contributed by atoms with Gasteiger partial charge in [-0.2, -0.15) is 0 Å². The summed E-state index contributed by atoms with van der Waals surface area (Å²) in [5, 5.41) is 0. The molecule has 0 unspecified atom stereocenters. The highest BCUT2D eigenvalue weighted by Crippen LogP contribution is 2.13. The highest BCUT2D eigenvalue weighted by molar-refractivity contribution is 5.77. The van der Waals surface area contributed by atoms with Crippen molar-refractivity contribution in [3.8, 4) is 0 Å². The minimum atomic E-state index is 0.0846. The second kappa shape index (κ2) is 9.10. The number of nitrogens with zero attached hydrogens (tertiary/aromatic N) is 2. The first-order valence-electron chi connectivity index (χ1n) is 8.37. The molecule has 0 N–H and O–H groups in total. The Bertz CT molecular complexity index is 375. The monoisotopic (exact) mass is 312 g/mol. The molecule has 2 amide bonds. The molecule has 6 heteroatoms. The van der Waals surface area contributed by atoms with Crippen molar-refractivity contribution in [2.45, 2.75) is 44.6 Å². The van der Waals surface area contributed by atoms with Gasteiger partial charge in [-0.05, 0) is 25.7 Å². The Hall–Kier alpha value is -1.14. The summed E-state index contributed by atoms with van der Waals surface area (Å²) >= 11 is 0. The molecule has 1 atom stereocenters. The maximum absolute atomic E-state index is 12.3. The maximum Gasteiger partial charge on any atom is 0.222 e. The lowest BCUT2D eigenvalue weighted by Gasteiger charge is -2.33. The Labute approximate surface area is 132 Å². The normalized spacial score (nSPS) is 23.0. The molecule has 22 heavy (non-hydrogen) atoms. The van der Waals surface area contributed by atoms with Crippen LogP contribution in [0.4, 0.5) is 0 Å². The molecular formula is C16H28N2O4. The number of hydrogen-bond donors (Lipinski definition) is 0. The molecule has 0 radical (unpaired) electrons. The van der Waals surface area contributed by atoms with Crippen LogP contribution in [0.25, 0.3) is 0 Å². The van der Waals surface area contributed by atoms with Gasteiger partial charge in [-0.1, -0.05) is 0 Å². The summed E-state index contributed by atoms with van der Waals surface area (Å²) < 4.78 is 10.7. The van der Waals surface area contributed by atoms with E-state index in [1.807, 2.05) is 9.80 Å². The van der Waals surface area contributed by atoms with Crippen molar-refractivity contribution in [2.24, 2.45) is 0 Å². The summed E-state index contributed by atoms with van der Waals surface area (Å²) in [5.41, 5.74) is 0. The molecule has 2 aliphatic heterocycles. The smallest absolute Gasteiger partial charge is 0.222 e. The maximum atomic E-state index is 12.3. The van der Waals surface area contributed by atoms with Crippen molar-refractivity contribution >= 4 is 11.8 Å². The van der Waals surface area contributed by atoms with E-state index in [1.165, 1.54) is 0 Å². The average Bonchev–Trinajstić information content (AvgIpc) is 2.55. The van der Waals surface area contributed by atoms with Gasteiger partial charge in [0.05, 0.1) is 12.7 Å². The molecule has 2 saturated heterocycles. The average molecular weight is 312 g/mol. The Kier molecular flexibility index (Phi) is 7.12. The first-order chi connectivity index (χ1) is 10.7. The highest BCUT2D eigenvalue weighted by Gasteiger charge is 2.24. The third-order valence-electron chi connectivity index (χ3n) is 4.38. The predicted octanol–water partition coefficient (Wildman–Crippen LogP) is 1.04. The highest BCUT2D eigenvalue weighted by atomic mass is 16.5. The van der Waals surface area contributed by atoms with Crippen LogP contribution in [0, 0.1) is 0 Å². The van der Waals surface area contributed by atoms with Gasteiger partial charge in [0.15, 0.2) is 0 Å². The second-order valence-corrected chi connectivity index (χ2v) is 6.06. The molecule has 2 rings (SSSR count). The third-order valence-corrected chi connectivity index (χ3v) is 4.38. The van der Waals surface area contributed by atoms with Gasteiger partial charge >= 0.3 is 0 Å². The Morgan fingerprint density at radius 3 is 3.00 bits per heavy atom. The van der Waals surface area contributed by atoms with E-state index in [0.29, 0.717) is 45.7 Å². The Morgan fingerprint density at radius 2 is 2.23 bits per heavy atom. The fraction of sp³-hybridized carbons (Fsp3) is 0.875. The fourth-order valence-corrected chi connectivity index (χ4v) is 3.05. The van der Waals surface area contributed by atoms with Gasteiger partial charge in [0.25, 0.3) is 0 Å². The number of methoxy groups -OCH3 is 1. The lowest BCUT2D eigenvalue weighted by molar-refractivity contribution is -0.140. The van der Waals surface area contributed by atoms with E-state index in [0.717, 1.165) is 32.2 Å². The fourth-order valence-electron chi connectivity index (χ4n) is 3.05. The lowest BCUT2D eigenvalue weighted by atomic mass is 10.1. The zero-order valence-corrected chi connectivity index (χ0v) is 13.6. The number of morpholine rings is 1. The van der Waals surface area contributed by atoms with Crippen LogP contribution in [0.5, 0.6) is 0 Å². The number of carbonyl (C=O) groups is 2. The van der Waals surface area contributed by atoms with E-state index in [-0.39, 0.29) is 17.9 Å². The van der Waals surface area contributed by atoms with E-state index >= 15 is 0 Å². The summed E-state index contributed by atoms with van der Waals surface area (Å²) in [4.78, 5) is 27.8. The van der Waals surface area contributed by atoms with Gasteiger partial charge in [-0.3, -0.25) is 9.59 Å². The van der Waals surface area contributed by atoms with Crippen molar-refractivity contribution in [1.82, 2.24) is 9.80 Å². The van der Waals surface area contributed by atoms with Gasteiger partial charge < -0.3 is 19.3 Å². The van der Waals surface area contributed by atoms with Gasteiger partial charge in [-0.25, -0.2) is 0 Å². The van der Waals surface area contributed by atoms with Crippen LogP contribution in [-0.2, 0) is 19.1 Å². The largest absolute Gasteiger partial charge is 0.385 e. The van der Waals surface area contributed by atoms with Crippen LogP contribution in [-0.4, -0.2) is 74.2 Å². The van der Waals surface area contributed by atoms with E-state index in [1.54, 1.807) is 7.11 Å². The summed E-state index contributed by atoms with van der Waals surface area (Å²) in [6, 6.07) is 0. The van der Waals surface area contributed by atoms with Gasteiger partial charge in [-0.15, -0.1) is 0 Å². The first kappa shape index (κ1) is 17.2. The van der Waals surface area contributed by atoms with E-state index < -0.39 is 0 Å². The number of piperidine rings is 1. The molecule has 0 aromatic heterocycles. The minimum Gasteiger partial charge on any atom is -0.385 e. The van der Waals surface area contributed by atoms with Crippen LogP contribution in [0.3, 0.4) is 0 Å². The van der Waals surface area contributed by atoms with Crippen molar-refractivity contribution in [3.63, 3.8) is 0 Å². The zero-order chi connectivity index (χ0) is 15.8. The molecule has 6 nitrogen and oxygen atoms in total. The summed E-state index contributed by atoms with van der Waals surface area (Å²) in [6.07, 6.45) is 4.93. The summed E-state index contributed by atoms with van der Waals surface area (Å²) in [7, 11) is 1.67. The van der Waals surface area contributed by atoms with Crippen LogP contribution >= 0.6 is 0 Å². The van der Waals surface area contributed by atoms with E-state index in [9.17, 15) is 9.59 Å². The molecular weight excluding hydrogens is 284 g/mol. The van der Waals surface area contributed by atoms with Gasteiger partial charge in [0, 0.05) is 52.7 Å².